The van der Waals surface area contributed by atoms with Gasteiger partial charge in [-0.1, -0.05) is 27.7 Å². The van der Waals surface area contributed by atoms with Gasteiger partial charge in [0.25, 0.3) is 0 Å². The molecule has 6 aromatic rings. The highest BCUT2D eigenvalue weighted by Gasteiger charge is 2.09. The number of rotatable bonds is 16. The number of phenols is 2. The minimum Gasteiger partial charge on any atom is -0.508 e. The van der Waals surface area contributed by atoms with E-state index in [0.717, 1.165) is 89.0 Å². The van der Waals surface area contributed by atoms with Crippen molar-refractivity contribution in [3.63, 3.8) is 0 Å². The molecule has 0 spiro atoms. The average Bonchev–Trinajstić information content (AvgIpc) is 3.90. The number of aromatic hydroxyl groups is 2. The monoisotopic (exact) mass is 752 g/mol. The van der Waals surface area contributed by atoms with Crippen LogP contribution in [0.15, 0.2) is 73.2 Å². The van der Waals surface area contributed by atoms with Gasteiger partial charge in [-0.05, 0) is 116 Å². The standard InChI is InChI=1S/C17H22N2O3.C13H16N2O2.C13H18N2O/c1-3-5-17(21)22-13-6-7-15-14(10-13)12(11-19-15)8-9-18-16(20)4-2;1-2-13(17)14-6-5-9-8-15-12-4-3-10(16)7-11(9)12;1-2-6-14-7-5-10-9-15-13-4-3-11(16)8-12(10)13/h6-7,10-11,19H,3-5,8-9H2,1-2H3,(H,18,20);3-4,7-8,15-16H,2,5-6H2,1H3,(H,14,17);3-4,8-9,14-16H,2,5-7H2,1H3. The predicted molar refractivity (Wildman–Crippen MR) is 220 cm³/mol. The number of hydrogen-bond donors (Lipinski definition) is 8. The van der Waals surface area contributed by atoms with E-state index in [4.69, 9.17) is 4.74 Å². The Morgan fingerprint density at radius 2 is 1.04 bits per heavy atom. The van der Waals surface area contributed by atoms with Crippen molar-refractivity contribution in [2.45, 2.75) is 79.1 Å². The van der Waals surface area contributed by atoms with Crippen molar-refractivity contribution in [1.82, 2.24) is 30.9 Å². The summed E-state index contributed by atoms with van der Waals surface area (Å²) in [4.78, 5) is 43.5. The van der Waals surface area contributed by atoms with Crippen molar-refractivity contribution < 1.29 is 29.3 Å². The normalized spacial score (nSPS) is 10.8. The maximum atomic E-state index is 11.6. The number of ether oxygens (including phenoxy) is 1. The zero-order valence-corrected chi connectivity index (χ0v) is 32.4. The number of amides is 2. The molecule has 0 aliphatic rings. The van der Waals surface area contributed by atoms with E-state index in [9.17, 15) is 24.6 Å². The Hall–Kier alpha value is -5.75. The van der Waals surface area contributed by atoms with E-state index in [1.54, 1.807) is 24.3 Å². The third-order valence-corrected chi connectivity index (χ3v) is 9.00. The molecule has 3 aromatic heterocycles. The molecule has 0 fully saturated rings. The number of benzene rings is 3. The molecule has 0 bridgehead atoms. The van der Waals surface area contributed by atoms with Gasteiger partial charge in [-0.25, -0.2) is 0 Å². The van der Waals surface area contributed by atoms with Crippen molar-refractivity contribution in [1.29, 1.82) is 0 Å². The molecule has 0 saturated carbocycles. The molecule has 12 nitrogen and oxygen atoms in total. The van der Waals surface area contributed by atoms with Gasteiger partial charge < -0.3 is 45.9 Å². The van der Waals surface area contributed by atoms with Crippen LogP contribution in [0.2, 0.25) is 0 Å². The van der Waals surface area contributed by atoms with Crippen LogP contribution in [0.25, 0.3) is 32.7 Å². The maximum absolute atomic E-state index is 11.6. The highest BCUT2D eigenvalue weighted by atomic mass is 16.5. The van der Waals surface area contributed by atoms with E-state index in [2.05, 4.69) is 37.8 Å². The first kappa shape index (κ1) is 42.0. The lowest BCUT2D eigenvalue weighted by Crippen LogP contribution is -2.24. The molecule has 0 unspecified atom stereocenters. The number of esters is 1. The quantitative estimate of drug-likeness (QED) is 0.0290. The van der Waals surface area contributed by atoms with Crippen molar-refractivity contribution in [2.75, 3.05) is 26.2 Å². The summed E-state index contributed by atoms with van der Waals surface area (Å²) in [5.74, 6) is 1.05. The Balaban J connectivity index is 0.000000186. The highest BCUT2D eigenvalue weighted by Crippen LogP contribution is 2.26. The van der Waals surface area contributed by atoms with E-state index in [1.165, 1.54) is 5.56 Å². The lowest BCUT2D eigenvalue weighted by atomic mass is 10.1. The van der Waals surface area contributed by atoms with E-state index in [-0.39, 0.29) is 23.5 Å². The summed E-state index contributed by atoms with van der Waals surface area (Å²) in [6.07, 6.45) is 11.7. The van der Waals surface area contributed by atoms with Crippen LogP contribution in [-0.2, 0) is 33.6 Å². The molecule has 3 aromatic carbocycles. The SMILES string of the molecule is CCC(=O)NCCc1c[nH]c2ccc(O)cc12.CCCC(=O)Oc1ccc2[nH]cc(CCNC(=O)CC)c2c1.CCCNCCc1c[nH]c2ccc(O)cc12. The van der Waals surface area contributed by atoms with Crippen LogP contribution in [0.1, 0.15) is 76.5 Å². The average molecular weight is 753 g/mol. The first-order chi connectivity index (χ1) is 26.6. The first-order valence-electron chi connectivity index (χ1n) is 19.3. The van der Waals surface area contributed by atoms with Crippen molar-refractivity contribution in [2.24, 2.45) is 0 Å². The number of hydrogen-bond acceptors (Lipinski definition) is 7. The Kier molecular flexibility index (Phi) is 16.7. The molecule has 0 atom stereocenters. The molecular weight excluding hydrogens is 697 g/mol. The lowest BCUT2D eigenvalue weighted by Gasteiger charge is -2.05. The number of carbonyl (C=O) groups excluding carboxylic acids is 3. The fraction of sp³-hybridized carbons (Fsp3) is 0.372. The van der Waals surface area contributed by atoms with E-state index in [1.807, 2.05) is 69.7 Å². The number of H-pyrrole nitrogens is 3. The van der Waals surface area contributed by atoms with Crippen LogP contribution in [0.4, 0.5) is 0 Å². The summed E-state index contributed by atoms with van der Waals surface area (Å²) in [5, 5.41) is 31.1. The van der Waals surface area contributed by atoms with Crippen LogP contribution in [0, 0.1) is 0 Å². The molecule has 3 heterocycles. The van der Waals surface area contributed by atoms with E-state index in [0.29, 0.717) is 43.9 Å². The van der Waals surface area contributed by atoms with Gasteiger partial charge in [-0.15, -0.1) is 0 Å². The fourth-order valence-electron chi connectivity index (χ4n) is 6.01. The Bertz CT molecular complexity index is 2130. The van der Waals surface area contributed by atoms with Gasteiger partial charge in [0.2, 0.25) is 11.8 Å². The molecule has 0 saturated heterocycles. The van der Waals surface area contributed by atoms with Crippen molar-refractivity contribution in [3.8, 4) is 17.2 Å². The Morgan fingerprint density at radius 3 is 1.49 bits per heavy atom. The van der Waals surface area contributed by atoms with Crippen LogP contribution in [0.5, 0.6) is 17.2 Å². The highest BCUT2D eigenvalue weighted by molar-refractivity contribution is 5.87. The second-order valence-electron chi connectivity index (χ2n) is 13.2. The molecule has 8 N–H and O–H groups in total. The molecule has 2 amide bonds. The number of phenolic OH excluding ortho intramolecular Hbond substituents is 2. The summed E-state index contributed by atoms with van der Waals surface area (Å²) in [5.41, 5.74) is 6.54. The maximum Gasteiger partial charge on any atom is 0.311 e. The summed E-state index contributed by atoms with van der Waals surface area (Å²) < 4.78 is 5.32. The lowest BCUT2D eigenvalue weighted by molar-refractivity contribution is -0.134. The van der Waals surface area contributed by atoms with Gasteiger partial charge in [0.1, 0.15) is 17.2 Å². The van der Waals surface area contributed by atoms with Gasteiger partial charge in [-0.2, -0.15) is 0 Å². The first-order valence-corrected chi connectivity index (χ1v) is 19.3. The van der Waals surface area contributed by atoms with Crippen LogP contribution >= 0.6 is 0 Å². The van der Waals surface area contributed by atoms with Gasteiger partial charge in [-0.3, -0.25) is 14.4 Å². The number of carbonyl (C=O) groups is 3. The molecule has 294 valence electrons. The predicted octanol–water partition coefficient (Wildman–Crippen LogP) is 7.30. The molecule has 55 heavy (non-hydrogen) atoms. The number of aromatic amines is 3. The zero-order chi connectivity index (χ0) is 39.6. The second-order valence-corrected chi connectivity index (χ2v) is 13.2. The van der Waals surface area contributed by atoms with Crippen molar-refractivity contribution in [3.05, 3.63) is 89.9 Å². The molecule has 12 heteroatoms. The molecule has 6 rings (SSSR count). The smallest absolute Gasteiger partial charge is 0.311 e. The summed E-state index contributed by atoms with van der Waals surface area (Å²) in [6.45, 7) is 11.0. The Morgan fingerprint density at radius 1 is 0.582 bits per heavy atom. The number of nitrogens with one attached hydrogen (secondary N) is 6. The molecule has 0 aliphatic heterocycles. The van der Waals surface area contributed by atoms with Gasteiger partial charge in [0, 0.05) is 83.7 Å². The van der Waals surface area contributed by atoms with E-state index < -0.39 is 0 Å². The fourth-order valence-corrected chi connectivity index (χ4v) is 6.01. The summed E-state index contributed by atoms with van der Waals surface area (Å²) in [6, 6.07) is 16.2. The largest absolute Gasteiger partial charge is 0.508 e. The van der Waals surface area contributed by atoms with E-state index >= 15 is 0 Å². The second kappa shape index (κ2) is 21.8. The third kappa shape index (κ3) is 13.0. The van der Waals surface area contributed by atoms with Crippen LogP contribution < -0.4 is 20.7 Å². The minimum absolute atomic E-state index is 0.0500. The van der Waals surface area contributed by atoms with Crippen molar-refractivity contribution >= 4 is 50.5 Å². The number of aromatic nitrogens is 3. The topological polar surface area (TPSA) is 184 Å². The van der Waals surface area contributed by atoms with Crippen LogP contribution in [-0.4, -0.2) is 69.1 Å². The molecule has 0 radical (unpaired) electrons. The third-order valence-electron chi connectivity index (χ3n) is 9.00. The molecular formula is C43H56N6O6. The Labute approximate surface area is 322 Å². The van der Waals surface area contributed by atoms with Gasteiger partial charge in [0.15, 0.2) is 0 Å². The molecule has 0 aliphatic carbocycles. The van der Waals surface area contributed by atoms with Gasteiger partial charge >= 0.3 is 5.97 Å². The zero-order valence-electron chi connectivity index (χ0n) is 32.4. The summed E-state index contributed by atoms with van der Waals surface area (Å²) >= 11 is 0. The minimum atomic E-state index is -0.214. The van der Waals surface area contributed by atoms with Crippen LogP contribution in [0.3, 0.4) is 0 Å². The summed E-state index contributed by atoms with van der Waals surface area (Å²) in [7, 11) is 0. The van der Waals surface area contributed by atoms with Gasteiger partial charge in [0.05, 0.1) is 0 Å². The number of fused-ring (bicyclic) bond motifs is 3.